The minimum atomic E-state index is -6.16. The van der Waals surface area contributed by atoms with Gasteiger partial charge < -0.3 is 0 Å². The molecule has 0 saturated carbocycles. The van der Waals surface area contributed by atoms with Crippen molar-refractivity contribution in [3.63, 3.8) is 0 Å². The van der Waals surface area contributed by atoms with Crippen molar-refractivity contribution in [2.45, 2.75) is 30.4 Å². The van der Waals surface area contributed by atoms with Crippen LogP contribution in [-0.4, -0.2) is 36.1 Å². The number of rotatable bonds is 8. The third kappa shape index (κ3) is 4.41. The van der Waals surface area contributed by atoms with E-state index >= 15 is 8.78 Å². The molecule has 228 valence electrons. The van der Waals surface area contributed by atoms with Crippen molar-refractivity contribution in [3.05, 3.63) is 118 Å². The van der Waals surface area contributed by atoms with Crippen molar-refractivity contribution in [3.8, 4) is 6.07 Å². The Labute approximate surface area is 264 Å². The fourth-order valence-corrected chi connectivity index (χ4v) is 13.3. The van der Waals surface area contributed by atoms with Gasteiger partial charge in [-0.15, -0.1) is 0 Å². The summed E-state index contributed by atoms with van der Waals surface area (Å²) in [6.07, 6.45) is -6.16. The number of hydrogen-bond acceptors (Lipinski definition) is 5. The van der Waals surface area contributed by atoms with Gasteiger partial charge in [-0.2, -0.15) is 0 Å². The number of alkyl halides is 5. The molecule has 1 fully saturated rings. The van der Waals surface area contributed by atoms with E-state index in [9.17, 15) is 23.2 Å². The molecule has 1 saturated heterocycles. The summed E-state index contributed by atoms with van der Waals surface area (Å²) in [6.45, 7) is -3.92. The SMILES string of the molecule is CCOC(=O)[C@H]1[C@](Nc2ccc(C#N)cc2I)(C(F)(F)C(F)(F)F)OP1(c1ccccc1)(c1ccccc1)c1ccccc1. The van der Waals surface area contributed by atoms with Crippen molar-refractivity contribution in [1.82, 2.24) is 0 Å². The molecule has 0 aliphatic carbocycles. The molecule has 44 heavy (non-hydrogen) atoms. The topological polar surface area (TPSA) is 71.3 Å². The summed E-state index contributed by atoms with van der Waals surface area (Å²) in [6, 6.07) is 29.8. The van der Waals surface area contributed by atoms with Crippen LogP contribution in [0.4, 0.5) is 27.6 Å². The average molecular weight is 738 g/mol. The van der Waals surface area contributed by atoms with E-state index in [1.54, 1.807) is 114 Å². The molecule has 0 aromatic heterocycles. The van der Waals surface area contributed by atoms with Gasteiger partial charge in [-0.3, -0.25) is 0 Å². The Morgan fingerprint density at radius 3 is 1.77 bits per heavy atom. The zero-order chi connectivity index (χ0) is 31.8. The van der Waals surface area contributed by atoms with Gasteiger partial charge in [-0.05, 0) is 0 Å². The zero-order valence-corrected chi connectivity index (χ0v) is 26.1. The molecular weight excluding hydrogens is 713 g/mol. The van der Waals surface area contributed by atoms with E-state index in [0.29, 0.717) is 0 Å². The second-order valence-electron chi connectivity index (χ2n) is 10.1. The van der Waals surface area contributed by atoms with E-state index in [1.807, 2.05) is 6.07 Å². The van der Waals surface area contributed by atoms with Crippen molar-refractivity contribution < 1.29 is 36.0 Å². The van der Waals surface area contributed by atoms with E-state index in [0.717, 1.165) is 0 Å². The van der Waals surface area contributed by atoms with Gasteiger partial charge in [-0.25, -0.2) is 0 Å². The summed E-state index contributed by atoms with van der Waals surface area (Å²) in [5.41, 5.74) is -5.94. The van der Waals surface area contributed by atoms with Crippen molar-refractivity contribution in [2.75, 3.05) is 11.9 Å². The molecule has 1 N–H and O–H groups in total. The first-order valence-corrected chi connectivity index (χ1v) is 16.7. The van der Waals surface area contributed by atoms with Crippen LogP contribution in [0.2, 0.25) is 0 Å². The van der Waals surface area contributed by atoms with Crippen LogP contribution in [0, 0.1) is 14.9 Å². The van der Waals surface area contributed by atoms with Gasteiger partial charge >= 0.3 is 265 Å². The summed E-state index contributed by atoms with van der Waals surface area (Å²) in [4.78, 5) is 14.3. The Balaban J connectivity index is 1.97. The van der Waals surface area contributed by atoms with Crippen LogP contribution >= 0.6 is 29.4 Å². The van der Waals surface area contributed by atoms with Crippen LogP contribution in [0.5, 0.6) is 0 Å². The standard InChI is InChI=1S/C32H25F5IN2O3P/c1-2-42-29(41)28-30(31(33,34)32(35,36)37,40-27-19-18-22(21-39)20-26(27)38)43-44(28,23-12-6-3-7-13-23,24-14-8-4-9-15-24)25-16-10-5-11-17-25/h3-20,28,40H,2H2,1H3/t28-,30+/m0/s1. The second kappa shape index (κ2) is 11.4. The molecule has 4 aromatic rings. The molecule has 1 heterocycles. The molecule has 2 atom stereocenters. The molecule has 0 amide bonds. The normalized spacial score (nSPS) is 21.5. The fraction of sp³-hybridized carbons (Fsp3) is 0.188. The summed E-state index contributed by atoms with van der Waals surface area (Å²) >= 11 is 1.73. The van der Waals surface area contributed by atoms with Crippen molar-refractivity contribution in [2.24, 2.45) is 0 Å². The van der Waals surface area contributed by atoms with Crippen LogP contribution in [0.15, 0.2) is 109 Å². The Bertz CT molecular complexity index is 1620. The number of carbonyl (C=O) groups excluding carboxylic acids is 1. The van der Waals surface area contributed by atoms with Gasteiger partial charge in [0.1, 0.15) is 0 Å². The van der Waals surface area contributed by atoms with Gasteiger partial charge in [0.25, 0.3) is 0 Å². The van der Waals surface area contributed by atoms with Crippen molar-refractivity contribution in [1.29, 1.82) is 5.26 Å². The minimum absolute atomic E-state index is 0.158. The van der Waals surface area contributed by atoms with E-state index in [1.165, 1.54) is 25.1 Å². The molecule has 0 bridgehead atoms. The number of nitrogens with one attached hydrogen (secondary N) is 1. The Hall–Kier alpha value is -3.59. The Morgan fingerprint density at radius 1 is 0.909 bits per heavy atom. The predicted molar refractivity (Wildman–Crippen MR) is 168 cm³/mol. The monoisotopic (exact) mass is 738 g/mol. The molecule has 0 radical (unpaired) electrons. The molecule has 5 nitrogen and oxygen atoms in total. The first kappa shape index (κ1) is 31.8. The van der Waals surface area contributed by atoms with Gasteiger partial charge in [0, 0.05) is 0 Å². The zero-order valence-electron chi connectivity index (χ0n) is 23.1. The number of nitriles is 1. The first-order valence-electron chi connectivity index (χ1n) is 13.4. The van der Waals surface area contributed by atoms with Crippen LogP contribution in [-0.2, 0) is 14.1 Å². The quantitative estimate of drug-likeness (QED) is 0.0925. The first-order chi connectivity index (χ1) is 20.9. The number of esters is 1. The maximum atomic E-state index is 16.4. The number of anilines is 1. The third-order valence-corrected chi connectivity index (χ3v) is 14.9. The van der Waals surface area contributed by atoms with Crippen molar-refractivity contribution >= 4 is 57.0 Å². The van der Waals surface area contributed by atoms with Gasteiger partial charge in [0.15, 0.2) is 0 Å². The molecule has 1 aliphatic rings. The summed E-state index contributed by atoms with van der Waals surface area (Å²) in [5, 5.41) is 12.5. The molecule has 0 unspecified atom stereocenters. The van der Waals surface area contributed by atoms with E-state index in [2.05, 4.69) is 5.32 Å². The van der Waals surface area contributed by atoms with Crippen LogP contribution in [0.25, 0.3) is 0 Å². The number of carbonyl (C=O) groups is 1. The van der Waals surface area contributed by atoms with E-state index < -0.39 is 36.3 Å². The van der Waals surface area contributed by atoms with E-state index in [4.69, 9.17) is 9.26 Å². The van der Waals surface area contributed by atoms with Crippen LogP contribution in [0.1, 0.15) is 12.5 Å². The predicted octanol–water partition coefficient (Wildman–Crippen LogP) is 6.88. The summed E-state index contributed by atoms with van der Waals surface area (Å²) < 4.78 is 88.7. The molecule has 12 heteroatoms. The number of hydrogen-bond donors (Lipinski definition) is 1. The molecule has 4 aromatic carbocycles. The van der Waals surface area contributed by atoms with Crippen LogP contribution in [0.3, 0.4) is 0 Å². The summed E-state index contributed by atoms with van der Waals surface area (Å²) in [7, 11) is 0. The number of halogens is 6. The van der Waals surface area contributed by atoms with Gasteiger partial charge in [-0.1, -0.05) is 0 Å². The molecule has 1 aliphatic heterocycles. The van der Waals surface area contributed by atoms with Gasteiger partial charge in [0.05, 0.1) is 0 Å². The number of ether oxygens (including phenoxy) is 1. The number of nitrogens with zero attached hydrogens (tertiary/aromatic N) is 1. The second-order valence-corrected chi connectivity index (χ2v) is 15.7. The fourth-order valence-electron chi connectivity index (χ4n) is 6.01. The maximum absolute atomic E-state index is 16.4. The molecule has 0 spiro atoms. The Morgan fingerprint density at radius 2 is 1.39 bits per heavy atom. The third-order valence-electron chi connectivity index (χ3n) is 7.77. The van der Waals surface area contributed by atoms with Crippen LogP contribution < -0.4 is 21.2 Å². The average Bonchev–Trinajstić information content (AvgIpc) is 3.00. The molecular formula is C32H25F5IN2O3P. The van der Waals surface area contributed by atoms with E-state index in [-0.39, 0.29) is 37.3 Å². The summed E-state index contributed by atoms with van der Waals surface area (Å²) in [5.74, 6) is -6.92. The van der Waals surface area contributed by atoms with Gasteiger partial charge in [0.2, 0.25) is 0 Å². The molecule has 5 rings (SSSR count). The number of benzene rings is 4. The Kier molecular flexibility index (Phi) is 8.25.